The van der Waals surface area contributed by atoms with Gasteiger partial charge in [0.2, 0.25) is 0 Å². The van der Waals surface area contributed by atoms with E-state index in [1.165, 1.54) is 11.1 Å². The van der Waals surface area contributed by atoms with Crippen molar-refractivity contribution in [2.45, 2.75) is 34.6 Å². The van der Waals surface area contributed by atoms with Gasteiger partial charge in [-0.05, 0) is 75.6 Å². The number of piperazine rings is 1. The lowest BCUT2D eigenvalue weighted by Crippen LogP contribution is -2.49. The minimum atomic E-state index is 0.0964. The maximum atomic E-state index is 12.8. The minimum Gasteiger partial charge on any atom is -0.352 e. The average Bonchev–Trinajstić information content (AvgIpc) is 3.03. The van der Waals surface area contributed by atoms with Crippen molar-refractivity contribution in [1.82, 2.24) is 24.9 Å². The first-order chi connectivity index (χ1) is 14.3. The normalized spacial score (nSPS) is 14.3. The van der Waals surface area contributed by atoms with Gasteiger partial charge in [0, 0.05) is 37.4 Å². The zero-order valence-electron chi connectivity index (χ0n) is 18.3. The van der Waals surface area contributed by atoms with Crippen LogP contribution in [0.3, 0.4) is 0 Å². The monoisotopic (exact) mass is 404 g/mol. The van der Waals surface area contributed by atoms with Gasteiger partial charge in [-0.25, -0.2) is 4.68 Å². The summed E-state index contributed by atoms with van der Waals surface area (Å²) < 4.78 is 1.83. The van der Waals surface area contributed by atoms with Crippen LogP contribution in [0, 0.1) is 34.6 Å². The number of aryl methyl sites for hydroxylation is 3. The van der Waals surface area contributed by atoms with Crippen LogP contribution in [0.25, 0.3) is 5.82 Å². The van der Waals surface area contributed by atoms with Crippen LogP contribution in [0.4, 0.5) is 5.82 Å². The van der Waals surface area contributed by atoms with E-state index in [-0.39, 0.29) is 5.91 Å². The molecule has 0 bridgehead atoms. The van der Waals surface area contributed by atoms with E-state index in [0.29, 0.717) is 13.1 Å². The third-order valence-corrected chi connectivity index (χ3v) is 6.15. The number of amides is 1. The topological polar surface area (TPSA) is 67.2 Å². The summed E-state index contributed by atoms with van der Waals surface area (Å²) in [4.78, 5) is 16.9. The Kier molecular flexibility index (Phi) is 5.28. The minimum absolute atomic E-state index is 0.0964. The van der Waals surface area contributed by atoms with E-state index in [1.807, 2.05) is 60.7 Å². The molecule has 30 heavy (non-hydrogen) atoms. The van der Waals surface area contributed by atoms with Crippen LogP contribution in [0.15, 0.2) is 30.3 Å². The molecule has 1 fully saturated rings. The second-order valence-electron chi connectivity index (χ2n) is 8.04. The van der Waals surface area contributed by atoms with E-state index < -0.39 is 0 Å². The summed E-state index contributed by atoms with van der Waals surface area (Å²) in [7, 11) is 0. The predicted octanol–water partition coefficient (Wildman–Crippen LogP) is 3.17. The lowest BCUT2D eigenvalue weighted by Gasteiger charge is -2.35. The number of carbonyl (C=O) groups excluding carboxylic acids is 1. The molecule has 0 atom stereocenters. The molecule has 1 amide bonds. The summed E-state index contributed by atoms with van der Waals surface area (Å²) in [5, 5.41) is 13.4. The Balaban J connectivity index is 1.42. The van der Waals surface area contributed by atoms with Gasteiger partial charge >= 0.3 is 0 Å². The van der Waals surface area contributed by atoms with Crippen molar-refractivity contribution in [3.8, 4) is 5.82 Å². The van der Waals surface area contributed by atoms with Crippen LogP contribution in [0.5, 0.6) is 0 Å². The smallest absolute Gasteiger partial charge is 0.253 e. The van der Waals surface area contributed by atoms with E-state index in [0.717, 1.165) is 47.2 Å². The first-order valence-electron chi connectivity index (χ1n) is 10.3. The molecule has 3 heterocycles. The van der Waals surface area contributed by atoms with Crippen LogP contribution < -0.4 is 4.90 Å². The molecule has 1 aromatic carbocycles. The highest BCUT2D eigenvalue weighted by molar-refractivity contribution is 5.94. The van der Waals surface area contributed by atoms with Crippen molar-refractivity contribution in [3.63, 3.8) is 0 Å². The highest BCUT2D eigenvalue weighted by Crippen LogP contribution is 2.19. The molecule has 3 aromatic rings. The molecule has 0 aliphatic carbocycles. The molecular formula is C23H28N6O. The number of anilines is 1. The molecule has 0 saturated carbocycles. The third kappa shape index (κ3) is 3.67. The number of benzene rings is 1. The molecule has 0 spiro atoms. The molecule has 7 nitrogen and oxygen atoms in total. The van der Waals surface area contributed by atoms with Crippen LogP contribution in [0.1, 0.15) is 38.4 Å². The zero-order valence-corrected chi connectivity index (χ0v) is 18.3. The molecule has 0 radical (unpaired) electrons. The van der Waals surface area contributed by atoms with Crippen LogP contribution >= 0.6 is 0 Å². The van der Waals surface area contributed by atoms with Gasteiger partial charge in [-0.15, -0.1) is 10.2 Å². The van der Waals surface area contributed by atoms with Gasteiger partial charge in [0.05, 0.1) is 5.69 Å². The zero-order chi connectivity index (χ0) is 21.4. The molecule has 156 valence electrons. The fourth-order valence-electron chi connectivity index (χ4n) is 3.74. The molecule has 1 aliphatic rings. The van der Waals surface area contributed by atoms with E-state index in [2.05, 4.69) is 34.0 Å². The summed E-state index contributed by atoms with van der Waals surface area (Å²) >= 11 is 0. The highest BCUT2D eigenvalue weighted by atomic mass is 16.2. The highest BCUT2D eigenvalue weighted by Gasteiger charge is 2.23. The van der Waals surface area contributed by atoms with Crippen molar-refractivity contribution >= 4 is 11.7 Å². The molecule has 1 aliphatic heterocycles. The maximum absolute atomic E-state index is 12.8. The standard InChI is InChI=1S/C23H28N6O/c1-15-6-7-20(14-16(15)2)23(30)28-12-10-27(11-13-28)21-8-9-22(25-24-21)29-19(5)17(3)18(4)26-29/h6-9,14H,10-13H2,1-5H3. The molecule has 0 unspecified atom stereocenters. The predicted molar refractivity (Wildman–Crippen MR) is 117 cm³/mol. The molecule has 0 N–H and O–H groups in total. The first kappa shape index (κ1) is 20.1. The van der Waals surface area contributed by atoms with Crippen LogP contribution in [0.2, 0.25) is 0 Å². The quantitative estimate of drug-likeness (QED) is 0.671. The van der Waals surface area contributed by atoms with Crippen LogP contribution in [-0.4, -0.2) is 57.0 Å². The number of rotatable bonds is 3. The fourth-order valence-corrected chi connectivity index (χ4v) is 3.74. The second kappa shape index (κ2) is 7.89. The Hall–Kier alpha value is -3.22. The van der Waals surface area contributed by atoms with Gasteiger partial charge in [0.1, 0.15) is 0 Å². The third-order valence-electron chi connectivity index (χ3n) is 6.15. The number of hydrogen-bond acceptors (Lipinski definition) is 5. The largest absolute Gasteiger partial charge is 0.352 e. The lowest BCUT2D eigenvalue weighted by molar-refractivity contribution is 0.0746. The van der Waals surface area contributed by atoms with Gasteiger partial charge in [0.15, 0.2) is 11.6 Å². The Labute approximate surface area is 177 Å². The molecule has 2 aromatic heterocycles. The summed E-state index contributed by atoms with van der Waals surface area (Å²) in [6.45, 7) is 13.0. The van der Waals surface area contributed by atoms with E-state index in [1.54, 1.807) is 0 Å². The van der Waals surface area contributed by atoms with Crippen molar-refractivity contribution in [2.24, 2.45) is 0 Å². The van der Waals surface area contributed by atoms with E-state index >= 15 is 0 Å². The van der Waals surface area contributed by atoms with Gasteiger partial charge in [-0.1, -0.05) is 6.07 Å². The van der Waals surface area contributed by atoms with Crippen molar-refractivity contribution < 1.29 is 4.79 Å². The summed E-state index contributed by atoms with van der Waals surface area (Å²) in [6, 6.07) is 9.85. The Morgan fingerprint density at radius 3 is 2.07 bits per heavy atom. The van der Waals surface area contributed by atoms with Gasteiger partial charge in [-0.3, -0.25) is 4.79 Å². The average molecular weight is 405 g/mol. The Morgan fingerprint density at radius 2 is 1.50 bits per heavy atom. The summed E-state index contributed by atoms with van der Waals surface area (Å²) in [5.74, 6) is 1.64. The first-order valence-corrected chi connectivity index (χ1v) is 10.3. The number of aromatic nitrogens is 4. The second-order valence-corrected chi connectivity index (χ2v) is 8.04. The lowest BCUT2D eigenvalue weighted by atomic mass is 10.1. The van der Waals surface area contributed by atoms with Crippen LogP contribution in [-0.2, 0) is 0 Å². The number of nitrogens with zero attached hydrogens (tertiary/aromatic N) is 6. The van der Waals surface area contributed by atoms with E-state index in [4.69, 9.17) is 0 Å². The van der Waals surface area contributed by atoms with E-state index in [9.17, 15) is 4.79 Å². The molecule has 1 saturated heterocycles. The van der Waals surface area contributed by atoms with Gasteiger partial charge in [-0.2, -0.15) is 5.10 Å². The maximum Gasteiger partial charge on any atom is 0.253 e. The van der Waals surface area contributed by atoms with Gasteiger partial charge in [0.25, 0.3) is 5.91 Å². The molecule has 4 rings (SSSR count). The molecule has 7 heteroatoms. The summed E-state index contributed by atoms with van der Waals surface area (Å²) in [6.07, 6.45) is 0. The SMILES string of the molecule is Cc1ccc(C(=O)N2CCN(c3ccc(-n4nc(C)c(C)c4C)nn3)CC2)cc1C. The number of carbonyl (C=O) groups is 1. The fraction of sp³-hybridized carbons (Fsp3) is 0.391. The van der Waals surface area contributed by atoms with Gasteiger partial charge < -0.3 is 9.80 Å². The van der Waals surface area contributed by atoms with Crippen molar-refractivity contribution in [1.29, 1.82) is 0 Å². The Morgan fingerprint density at radius 1 is 0.833 bits per heavy atom. The number of hydrogen-bond donors (Lipinski definition) is 0. The Bertz CT molecular complexity index is 1080. The summed E-state index contributed by atoms with van der Waals surface area (Å²) in [5.41, 5.74) is 6.36. The van der Waals surface area contributed by atoms with Crippen molar-refractivity contribution in [3.05, 3.63) is 64.0 Å². The molecular weight excluding hydrogens is 376 g/mol. The van der Waals surface area contributed by atoms with Crippen molar-refractivity contribution in [2.75, 3.05) is 31.1 Å².